The quantitative estimate of drug-likeness (QED) is 0.539. The first-order valence-electron chi connectivity index (χ1n) is 13.0. The highest BCUT2D eigenvalue weighted by molar-refractivity contribution is 5.95. The van der Waals surface area contributed by atoms with E-state index in [0.717, 1.165) is 16.9 Å². The summed E-state index contributed by atoms with van der Waals surface area (Å²) in [6, 6.07) is 5.69. The fraction of sp³-hybridized carbons (Fsp3) is 0.519. The number of morpholine rings is 2. The van der Waals surface area contributed by atoms with Crippen LogP contribution in [-0.2, 0) is 19.0 Å². The summed E-state index contributed by atoms with van der Waals surface area (Å²) in [6.07, 6.45) is 0. The SMILES string of the molecule is CCOC(=O)C1=C(C)Nc2nc(N3CCOCC3)nc(N3CCOCC3)c2C1c1cccc(OC)c1OC. The lowest BCUT2D eigenvalue weighted by atomic mass is 9.81. The summed E-state index contributed by atoms with van der Waals surface area (Å²) in [4.78, 5) is 27.9. The number of rotatable bonds is 7. The maximum absolute atomic E-state index is 13.5. The summed E-state index contributed by atoms with van der Waals surface area (Å²) < 4.78 is 28.2. The van der Waals surface area contributed by atoms with Gasteiger partial charge in [-0.15, -0.1) is 0 Å². The van der Waals surface area contributed by atoms with Crippen molar-refractivity contribution in [2.45, 2.75) is 19.8 Å². The largest absolute Gasteiger partial charge is 0.493 e. The first-order chi connectivity index (χ1) is 18.6. The fourth-order valence-corrected chi connectivity index (χ4v) is 5.26. The highest BCUT2D eigenvalue weighted by Crippen LogP contribution is 2.50. The molecule has 0 amide bonds. The van der Waals surface area contributed by atoms with Crippen LogP contribution in [-0.4, -0.2) is 89.4 Å². The Morgan fingerprint density at radius 1 is 1.03 bits per heavy atom. The van der Waals surface area contributed by atoms with Gasteiger partial charge in [0.15, 0.2) is 11.5 Å². The number of nitrogens with one attached hydrogen (secondary N) is 1. The van der Waals surface area contributed by atoms with Gasteiger partial charge in [0.1, 0.15) is 11.6 Å². The minimum absolute atomic E-state index is 0.257. The predicted octanol–water partition coefficient (Wildman–Crippen LogP) is 2.56. The minimum atomic E-state index is -0.549. The van der Waals surface area contributed by atoms with Crippen LogP contribution in [0.4, 0.5) is 17.6 Å². The van der Waals surface area contributed by atoms with Gasteiger partial charge >= 0.3 is 5.97 Å². The number of esters is 1. The van der Waals surface area contributed by atoms with Crippen LogP contribution in [0.25, 0.3) is 0 Å². The number of methoxy groups -OCH3 is 2. The summed E-state index contributed by atoms with van der Waals surface area (Å²) in [5.74, 6) is 2.22. The molecule has 4 heterocycles. The summed E-state index contributed by atoms with van der Waals surface area (Å²) in [5.41, 5.74) is 2.73. The summed E-state index contributed by atoms with van der Waals surface area (Å²) in [5, 5.41) is 3.41. The van der Waals surface area contributed by atoms with Crippen molar-refractivity contribution in [1.29, 1.82) is 0 Å². The molecule has 0 saturated carbocycles. The van der Waals surface area contributed by atoms with Crippen molar-refractivity contribution >= 4 is 23.6 Å². The van der Waals surface area contributed by atoms with Gasteiger partial charge < -0.3 is 38.8 Å². The molecule has 11 nitrogen and oxygen atoms in total. The molecule has 3 aliphatic rings. The zero-order valence-electron chi connectivity index (χ0n) is 22.4. The van der Waals surface area contributed by atoms with Gasteiger partial charge in [-0.25, -0.2) is 4.79 Å². The molecule has 0 radical (unpaired) electrons. The monoisotopic (exact) mass is 525 g/mol. The van der Waals surface area contributed by atoms with Gasteiger partial charge in [-0.1, -0.05) is 12.1 Å². The van der Waals surface area contributed by atoms with Crippen LogP contribution >= 0.6 is 0 Å². The van der Waals surface area contributed by atoms with Crippen molar-refractivity contribution in [3.05, 3.63) is 40.6 Å². The third-order valence-corrected chi connectivity index (χ3v) is 7.05. The van der Waals surface area contributed by atoms with E-state index in [1.54, 1.807) is 21.1 Å². The molecule has 3 aliphatic heterocycles. The number of hydrogen-bond donors (Lipinski definition) is 1. The van der Waals surface area contributed by atoms with Crippen LogP contribution in [0.2, 0.25) is 0 Å². The van der Waals surface area contributed by atoms with Crippen LogP contribution in [0.5, 0.6) is 11.5 Å². The molecule has 1 unspecified atom stereocenters. The Kier molecular flexibility index (Phi) is 7.85. The van der Waals surface area contributed by atoms with Crippen molar-refractivity contribution in [2.24, 2.45) is 0 Å². The average molecular weight is 526 g/mol. The minimum Gasteiger partial charge on any atom is -0.493 e. The van der Waals surface area contributed by atoms with Crippen LogP contribution in [0.15, 0.2) is 29.5 Å². The van der Waals surface area contributed by atoms with Gasteiger partial charge in [0.25, 0.3) is 0 Å². The second kappa shape index (κ2) is 11.4. The molecule has 1 aromatic carbocycles. The van der Waals surface area contributed by atoms with Gasteiger partial charge in [0, 0.05) is 43.0 Å². The van der Waals surface area contributed by atoms with Crippen molar-refractivity contribution in [3.63, 3.8) is 0 Å². The van der Waals surface area contributed by atoms with Crippen molar-refractivity contribution in [2.75, 3.05) is 88.5 Å². The first-order valence-corrected chi connectivity index (χ1v) is 13.0. The Morgan fingerprint density at radius 3 is 2.34 bits per heavy atom. The highest BCUT2D eigenvalue weighted by Gasteiger charge is 2.40. The zero-order chi connectivity index (χ0) is 26.6. The Hall–Kier alpha value is -3.57. The van der Waals surface area contributed by atoms with E-state index in [1.807, 2.05) is 25.1 Å². The van der Waals surface area contributed by atoms with Gasteiger partial charge in [-0.3, -0.25) is 0 Å². The molecule has 204 valence electrons. The number of aromatic nitrogens is 2. The number of ether oxygens (including phenoxy) is 5. The maximum Gasteiger partial charge on any atom is 0.336 e. The number of fused-ring (bicyclic) bond motifs is 1. The molecular formula is C27H35N5O6. The summed E-state index contributed by atoms with van der Waals surface area (Å²) in [7, 11) is 3.20. The second-order valence-corrected chi connectivity index (χ2v) is 9.21. The lowest BCUT2D eigenvalue weighted by Gasteiger charge is -2.37. The third-order valence-electron chi connectivity index (χ3n) is 7.05. The standard InChI is InChI=1S/C27H35N5O6/c1-5-38-26(33)20-17(2)28-24-22(21(20)18-7-6-8-19(34-3)23(18)35-4)25(31-9-13-36-14-10-31)30-27(29-24)32-11-15-37-16-12-32/h6-8,21H,5,9-16H2,1-4H3,(H,28,29,30). The molecule has 1 atom stereocenters. The van der Waals surface area contributed by atoms with E-state index in [4.69, 9.17) is 33.7 Å². The predicted molar refractivity (Wildman–Crippen MR) is 142 cm³/mol. The molecule has 11 heteroatoms. The number of allylic oxidation sites excluding steroid dienone is 1. The molecule has 5 rings (SSSR count). The molecule has 2 fully saturated rings. The molecule has 0 bridgehead atoms. The number of carbonyl (C=O) groups excluding carboxylic acids is 1. The van der Waals surface area contributed by atoms with E-state index >= 15 is 0 Å². The molecular weight excluding hydrogens is 490 g/mol. The van der Waals surface area contributed by atoms with E-state index in [1.165, 1.54) is 0 Å². The number of hydrogen-bond acceptors (Lipinski definition) is 11. The lowest BCUT2D eigenvalue weighted by Crippen LogP contribution is -2.41. The Bertz CT molecular complexity index is 1210. The average Bonchev–Trinajstić information content (AvgIpc) is 2.96. The number of nitrogens with zero attached hydrogens (tertiary/aromatic N) is 4. The van der Waals surface area contributed by atoms with E-state index in [-0.39, 0.29) is 6.61 Å². The summed E-state index contributed by atoms with van der Waals surface area (Å²) in [6.45, 7) is 9.11. The lowest BCUT2D eigenvalue weighted by molar-refractivity contribution is -0.138. The molecule has 2 saturated heterocycles. The van der Waals surface area contributed by atoms with E-state index < -0.39 is 11.9 Å². The molecule has 1 aromatic heterocycles. The van der Waals surface area contributed by atoms with Gasteiger partial charge in [-0.2, -0.15) is 9.97 Å². The Labute approximate surface area is 222 Å². The number of carbonyl (C=O) groups is 1. The van der Waals surface area contributed by atoms with Gasteiger partial charge in [0.05, 0.1) is 58.7 Å². The van der Waals surface area contributed by atoms with Crippen LogP contribution < -0.4 is 24.6 Å². The Balaban J connectivity index is 1.76. The normalized spacial score (nSPS) is 19.5. The molecule has 38 heavy (non-hydrogen) atoms. The van der Waals surface area contributed by atoms with E-state index in [9.17, 15) is 4.79 Å². The molecule has 2 aromatic rings. The highest BCUT2D eigenvalue weighted by atomic mass is 16.5. The molecule has 0 aliphatic carbocycles. The van der Waals surface area contributed by atoms with Gasteiger partial charge in [0.2, 0.25) is 5.95 Å². The number of para-hydroxylation sites is 1. The smallest absolute Gasteiger partial charge is 0.336 e. The molecule has 1 N–H and O–H groups in total. The second-order valence-electron chi connectivity index (χ2n) is 9.21. The fourth-order valence-electron chi connectivity index (χ4n) is 5.26. The van der Waals surface area contributed by atoms with Crippen molar-refractivity contribution in [3.8, 4) is 11.5 Å². The van der Waals surface area contributed by atoms with Crippen LogP contribution in [0.1, 0.15) is 30.9 Å². The van der Waals surface area contributed by atoms with Crippen molar-refractivity contribution < 1.29 is 28.5 Å². The van der Waals surface area contributed by atoms with Crippen LogP contribution in [0, 0.1) is 0 Å². The van der Waals surface area contributed by atoms with E-state index in [2.05, 4.69) is 15.1 Å². The van der Waals surface area contributed by atoms with Crippen LogP contribution in [0.3, 0.4) is 0 Å². The van der Waals surface area contributed by atoms with Crippen molar-refractivity contribution in [1.82, 2.24) is 9.97 Å². The number of benzene rings is 1. The third kappa shape index (κ3) is 4.83. The Morgan fingerprint density at radius 2 is 1.71 bits per heavy atom. The topological polar surface area (TPSA) is 108 Å². The van der Waals surface area contributed by atoms with E-state index in [0.29, 0.717) is 87.1 Å². The van der Waals surface area contributed by atoms with Gasteiger partial charge in [-0.05, 0) is 19.9 Å². The summed E-state index contributed by atoms with van der Waals surface area (Å²) >= 11 is 0. The maximum atomic E-state index is 13.5. The zero-order valence-corrected chi connectivity index (χ0v) is 22.4. The first kappa shape index (κ1) is 26.1. The molecule has 0 spiro atoms. The number of anilines is 3.